The number of likely N-dealkylation sites (N-methyl/N-ethyl adjacent to an activating group) is 2. The minimum absolute atomic E-state index is 0.0176. The summed E-state index contributed by atoms with van der Waals surface area (Å²) >= 11 is 0. The van der Waals surface area contributed by atoms with Gasteiger partial charge in [0.05, 0.1) is 20.3 Å². The van der Waals surface area contributed by atoms with Gasteiger partial charge in [0, 0.05) is 38.1 Å². The predicted octanol–water partition coefficient (Wildman–Crippen LogP) is 1.02. The molecule has 0 bridgehead atoms. The fourth-order valence-corrected chi connectivity index (χ4v) is 3.67. The van der Waals surface area contributed by atoms with Crippen LogP contribution in [0.1, 0.15) is 12.5 Å². The van der Waals surface area contributed by atoms with E-state index in [9.17, 15) is 9.59 Å². The highest BCUT2D eigenvalue weighted by atomic mass is 16.5. The number of carbonyl (C=O) groups is 2. The third kappa shape index (κ3) is 6.54. The number of ether oxygens (including phenoxy) is 1. The Bertz CT molecular complexity index is 851. The summed E-state index contributed by atoms with van der Waals surface area (Å²) in [6.45, 7) is 5.88. The second-order valence-corrected chi connectivity index (χ2v) is 8.12. The van der Waals surface area contributed by atoms with Gasteiger partial charge < -0.3 is 24.8 Å². The van der Waals surface area contributed by atoms with Crippen LogP contribution in [0.2, 0.25) is 0 Å². The Morgan fingerprint density at radius 3 is 2.39 bits per heavy atom. The van der Waals surface area contributed by atoms with Gasteiger partial charge in [0.1, 0.15) is 0 Å². The summed E-state index contributed by atoms with van der Waals surface area (Å²) in [4.78, 5) is 30.1. The molecule has 3 rings (SSSR count). The molecular weight excluding hydrogens is 392 g/mol. The van der Waals surface area contributed by atoms with Crippen LogP contribution < -0.4 is 15.1 Å². The molecule has 1 unspecified atom stereocenters. The zero-order valence-corrected chi connectivity index (χ0v) is 18.6. The van der Waals surface area contributed by atoms with E-state index in [1.807, 2.05) is 68.6 Å². The lowest BCUT2D eigenvalue weighted by Crippen LogP contribution is -3.15. The highest BCUT2D eigenvalue weighted by molar-refractivity contribution is 5.91. The average molecular weight is 426 g/mol. The highest BCUT2D eigenvalue weighted by Crippen LogP contribution is 2.18. The normalized spacial score (nSPS) is 15.8. The molecule has 2 aromatic rings. The smallest absolute Gasteiger partial charge is 0.280 e. The summed E-state index contributed by atoms with van der Waals surface area (Å²) < 4.78 is 5.39. The summed E-state index contributed by atoms with van der Waals surface area (Å²) in [6, 6.07) is 17.4. The lowest BCUT2D eigenvalue weighted by atomic mass is 10.2. The summed E-state index contributed by atoms with van der Waals surface area (Å²) in [5.74, 6) is -0.0917. The molecule has 1 aliphatic rings. The number of amides is 2. The molecule has 0 aromatic heterocycles. The first-order valence-corrected chi connectivity index (χ1v) is 10.8. The number of rotatable bonds is 8. The van der Waals surface area contributed by atoms with E-state index in [1.165, 1.54) is 0 Å². The van der Waals surface area contributed by atoms with E-state index in [-0.39, 0.29) is 24.4 Å². The van der Waals surface area contributed by atoms with Crippen molar-refractivity contribution in [2.75, 3.05) is 57.2 Å². The molecular formula is C24H33N4O3+. The molecule has 0 radical (unpaired) electrons. The number of anilines is 2. The second-order valence-electron chi connectivity index (χ2n) is 8.12. The van der Waals surface area contributed by atoms with E-state index >= 15 is 0 Å². The van der Waals surface area contributed by atoms with Crippen molar-refractivity contribution in [3.8, 4) is 0 Å². The number of carbonyl (C=O) groups excluding carboxylic acids is 2. The molecule has 1 aliphatic heterocycles. The van der Waals surface area contributed by atoms with Crippen molar-refractivity contribution in [3.05, 3.63) is 60.2 Å². The fourth-order valence-electron chi connectivity index (χ4n) is 3.67. The van der Waals surface area contributed by atoms with Crippen LogP contribution in [-0.4, -0.2) is 69.7 Å². The minimum Gasteiger partial charge on any atom is -0.378 e. The molecule has 0 spiro atoms. The third-order valence-corrected chi connectivity index (χ3v) is 5.72. The molecule has 0 aliphatic carbocycles. The van der Waals surface area contributed by atoms with Gasteiger partial charge in [-0.25, -0.2) is 0 Å². The maximum Gasteiger partial charge on any atom is 0.280 e. The van der Waals surface area contributed by atoms with Gasteiger partial charge in [0.2, 0.25) is 0 Å². The van der Waals surface area contributed by atoms with E-state index in [0.717, 1.165) is 48.1 Å². The van der Waals surface area contributed by atoms with Gasteiger partial charge in [0.25, 0.3) is 11.8 Å². The monoisotopic (exact) mass is 425 g/mol. The van der Waals surface area contributed by atoms with Crippen LogP contribution in [0.3, 0.4) is 0 Å². The topological polar surface area (TPSA) is 66.3 Å². The molecule has 2 amide bonds. The van der Waals surface area contributed by atoms with Crippen LogP contribution in [0, 0.1) is 0 Å². The third-order valence-electron chi connectivity index (χ3n) is 5.72. The first-order valence-electron chi connectivity index (χ1n) is 10.8. The van der Waals surface area contributed by atoms with E-state index in [0.29, 0.717) is 6.54 Å². The molecule has 1 saturated heterocycles. The van der Waals surface area contributed by atoms with E-state index < -0.39 is 0 Å². The van der Waals surface area contributed by atoms with Gasteiger partial charge in [-0.1, -0.05) is 30.3 Å². The van der Waals surface area contributed by atoms with Crippen molar-refractivity contribution < 1.29 is 19.2 Å². The summed E-state index contributed by atoms with van der Waals surface area (Å²) in [7, 11) is 3.68. The lowest BCUT2D eigenvalue weighted by Gasteiger charge is -2.29. The number of hydrogen-bond donors (Lipinski definition) is 2. The van der Waals surface area contributed by atoms with Gasteiger partial charge in [-0.15, -0.1) is 0 Å². The van der Waals surface area contributed by atoms with Crippen LogP contribution >= 0.6 is 0 Å². The van der Waals surface area contributed by atoms with Crippen molar-refractivity contribution >= 4 is 23.2 Å². The number of nitrogens with zero attached hydrogens (tertiary/aromatic N) is 2. The first-order chi connectivity index (χ1) is 14.9. The Hall–Kier alpha value is -2.90. The molecule has 1 fully saturated rings. The van der Waals surface area contributed by atoms with Gasteiger partial charge in [-0.3, -0.25) is 9.59 Å². The number of hydrogen-bond acceptors (Lipinski definition) is 4. The van der Waals surface area contributed by atoms with Gasteiger partial charge in [-0.05, 0) is 36.8 Å². The largest absolute Gasteiger partial charge is 0.378 e. The minimum atomic E-state index is -0.317. The maximum absolute atomic E-state index is 12.8. The zero-order valence-electron chi connectivity index (χ0n) is 18.6. The molecule has 2 atom stereocenters. The summed E-state index contributed by atoms with van der Waals surface area (Å²) in [6.07, 6.45) is 0. The van der Waals surface area contributed by atoms with Crippen molar-refractivity contribution in [3.63, 3.8) is 0 Å². The Morgan fingerprint density at radius 2 is 1.74 bits per heavy atom. The van der Waals surface area contributed by atoms with Crippen LogP contribution in [0.15, 0.2) is 54.6 Å². The molecule has 0 saturated carbocycles. The Balaban J connectivity index is 1.48. The lowest BCUT2D eigenvalue weighted by molar-refractivity contribution is -0.886. The second kappa shape index (κ2) is 10.9. The molecule has 31 heavy (non-hydrogen) atoms. The van der Waals surface area contributed by atoms with Gasteiger partial charge in [-0.2, -0.15) is 0 Å². The number of quaternary nitrogens is 1. The standard InChI is InChI=1S/C24H32N4O3/c1-19(24(30)27(3)17-20-7-5-4-6-8-20)26(2)18-23(29)25-21-9-11-22(12-10-21)28-13-15-31-16-14-28/h4-12,19H,13-18H2,1-3H3,(H,25,29)/p+1/t19-/m1/s1. The first kappa shape index (κ1) is 22.8. The van der Waals surface area contributed by atoms with E-state index in [2.05, 4.69) is 10.2 Å². The Morgan fingerprint density at radius 1 is 1.10 bits per heavy atom. The number of nitrogens with one attached hydrogen (secondary N) is 2. The average Bonchev–Trinajstić information content (AvgIpc) is 2.79. The zero-order chi connectivity index (χ0) is 22.2. The highest BCUT2D eigenvalue weighted by Gasteiger charge is 2.26. The van der Waals surface area contributed by atoms with Gasteiger partial charge >= 0.3 is 0 Å². The van der Waals surface area contributed by atoms with E-state index in [1.54, 1.807) is 11.9 Å². The van der Waals surface area contributed by atoms with E-state index in [4.69, 9.17) is 4.74 Å². The van der Waals surface area contributed by atoms with Crippen LogP contribution in [-0.2, 0) is 20.9 Å². The summed E-state index contributed by atoms with van der Waals surface area (Å²) in [5, 5.41) is 2.94. The molecule has 2 aromatic carbocycles. The Kier molecular flexibility index (Phi) is 8.03. The SMILES string of the molecule is C[C@H](C(=O)N(C)Cc1ccccc1)[NH+](C)CC(=O)Nc1ccc(N2CCOCC2)cc1. The maximum atomic E-state index is 12.8. The molecule has 1 heterocycles. The van der Waals surface area contributed by atoms with Crippen molar-refractivity contribution in [2.45, 2.75) is 19.5 Å². The van der Waals surface area contributed by atoms with Crippen LogP contribution in [0.25, 0.3) is 0 Å². The van der Waals surface area contributed by atoms with Crippen LogP contribution in [0.5, 0.6) is 0 Å². The van der Waals surface area contributed by atoms with Crippen molar-refractivity contribution in [2.24, 2.45) is 0 Å². The van der Waals surface area contributed by atoms with Crippen LogP contribution in [0.4, 0.5) is 11.4 Å². The van der Waals surface area contributed by atoms with Crippen molar-refractivity contribution in [1.82, 2.24) is 4.90 Å². The quantitative estimate of drug-likeness (QED) is 0.663. The molecule has 7 heteroatoms. The Labute approximate surface area is 184 Å². The number of benzene rings is 2. The molecule has 7 nitrogen and oxygen atoms in total. The number of morpholine rings is 1. The summed E-state index contributed by atoms with van der Waals surface area (Å²) in [5.41, 5.74) is 2.97. The molecule has 2 N–H and O–H groups in total. The predicted molar refractivity (Wildman–Crippen MR) is 122 cm³/mol. The molecule has 166 valence electrons. The fraction of sp³-hybridized carbons (Fsp3) is 0.417. The van der Waals surface area contributed by atoms with Crippen molar-refractivity contribution in [1.29, 1.82) is 0 Å². The van der Waals surface area contributed by atoms with Gasteiger partial charge in [0.15, 0.2) is 12.6 Å².